The van der Waals surface area contributed by atoms with Crippen molar-refractivity contribution >= 4 is 26.5 Å². The molecule has 1 aromatic heterocycles. The van der Waals surface area contributed by atoms with Gasteiger partial charge in [0.15, 0.2) is 5.13 Å². The summed E-state index contributed by atoms with van der Waals surface area (Å²) in [5, 5.41) is 12.1. The van der Waals surface area contributed by atoms with Crippen LogP contribution in [0.1, 0.15) is 32.4 Å². The Labute approximate surface area is 148 Å². The molecule has 1 aromatic carbocycles. The topological polar surface area (TPSA) is 88.5 Å². The van der Waals surface area contributed by atoms with Crippen molar-refractivity contribution in [2.24, 2.45) is 0 Å². The minimum atomic E-state index is -3.93. The Balaban J connectivity index is 2.18. The minimum Gasteiger partial charge on any atom is -0.435 e. The summed E-state index contributed by atoms with van der Waals surface area (Å²) in [6, 6.07) is 4.59. The number of hydrogen-bond donors (Lipinski definition) is 2. The number of nitrogens with zero attached hydrogens (tertiary/aromatic N) is 1. The lowest BCUT2D eigenvalue weighted by Crippen LogP contribution is -2.24. The van der Waals surface area contributed by atoms with E-state index in [9.17, 15) is 22.3 Å². The number of aromatic nitrogens is 1. The lowest BCUT2D eigenvalue weighted by molar-refractivity contribution is -0.0498. The fraction of sp³-hybridized carbons (Fsp3) is 0.400. The molecule has 0 saturated carbocycles. The van der Waals surface area contributed by atoms with Crippen LogP contribution >= 0.6 is 11.3 Å². The molecule has 0 bridgehead atoms. The summed E-state index contributed by atoms with van der Waals surface area (Å²) in [5.74, 6) is -0.138. The highest BCUT2D eigenvalue weighted by molar-refractivity contribution is 7.93. The van der Waals surface area contributed by atoms with Crippen LogP contribution in [-0.4, -0.2) is 25.1 Å². The fourth-order valence-electron chi connectivity index (χ4n) is 2.12. The zero-order valence-electron chi connectivity index (χ0n) is 13.6. The number of nitrogens with one attached hydrogen (secondary N) is 1. The van der Waals surface area contributed by atoms with Crippen LogP contribution in [0.5, 0.6) is 5.75 Å². The number of halogens is 2. The van der Waals surface area contributed by atoms with Crippen molar-refractivity contribution in [3.63, 3.8) is 0 Å². The number of alkyl halides is 2. The van der Waals surface area contributed by atoms with E-state index in [4.69, 9.17) is 0 Å². The van der Waals surface area contributed by atoms with Crippen LogP contribution in [0.25, 0.3) is 0 Å². The molecule has 25 heavy (non-hydrogen) atoms. The fourth-order valence-corrected chi connectivity index (χ4v) is 4.18. The molecule has 10 heteroatoms. The molecule has 0 atom stereocenters. The van der Waals surface area contributed by atoms with Crippen molar-refractivity contribution in [2.45, 2.75) is 43.8 Å². The number of benzene rings is 1. The molecule has 0 radical (unpaired) electrons. The van der Waals surface area contributed by atoms with Crippen LogP contribution in [0.3, 0.4) is 0 Å². The lowest BCUT2D eigenvalue weighted by atomic mass is 9.94. The number of sulfonamides is 1. The van der Waals surface area contributed by atoms with Crippen molar-refractivity contribution in [2.75, 3.05) is 4.72 Å². The van der Waals surface area contributed by atoms with E-state index in [0.29, 0.717) is 18.5 Å². The van der Waals surface area contributed by atoms with Crippen molar-refractivity contribution < 1.29 is 27.0 Å². The van der Waals surface area contributed by atoms with E-state index < -0.39 is 22.2 Å². The Hall–Kier alpha value is -1.78. The Morgan fingerprint density at radius 3 is 2.40 bits per heavy atom. The van der Waals surface area contributed by atoms with Gasteiger partial charge in [-0.2, -0.15) is 8.78 Å². The second-order valence-corrected chi connectivity index (χ2v) is 7.77. The molecule has 138 valence electrons. The molecular weight excluding hydrogens is 374 g/mol. The molecule has 0 saturated heterocycles. The van der Waals surface area contributed by atoms with Gasteiger partial charge in [-0.3, -0.25) is 4.72 Å². The third-order valence-corrected chi connectivity index (χ3v) is 5.97. The highest BCUT2D eigenvalue weighted by Gasteiger charge is 2.28. The first kappa shape index (κ1) is 19.5. The summed E-state index contributed by atoms with van der Waals surface area (Å²) < 4.78 is 55.4. The third-order valence-electron chi connectivity index (χ3n) is 3.73. The number of hydrogen-bond acceptors (Lipinski definition) is 6. The van der Waals surface area contributed by atoms with E-state index in [2.05, 4.69) is 14.4 Å². The summed E-state index contributed by atoms with van der Waals surface area (Å²) in [4.78, 5) is 4.03. The molecule has 0 aliphatic rings. The van der Waals surface area contributed by atoms with Crippen molar-refractivity contribution in [3.05, 3.63) is 35.3 Å². The van der Waals surface area contributed by atoms with E-state index in [-0.39, 0.29) is 15.8 Å². The minimum absolute atomic E-state index is 0.114. The molecular formula is C15H18F2N2O4S2. The van der Waals surface area contributed by atoms with Crippen molar-refractivity contribution in [3.8, 4) is 5.75 Å². The molecule has 0 spiro atoms. The average Bonchev–Trinajstić information content (AvgIpc) is 3.02. The van der Waals surface area contributed by atoms with Crippen molar-refractivity contribution in [1.82, 2.24) is 4.98 Å². The SMILES string of the molecule is CCC(O)(CC)c1csc(NS(=O)(=O)c2ccc(OC(F)F)cc2)n1. The van der Waals surface area contributed by atoms with Crippen LogP contribution in [0.4, 0.5) is 13.9 Å². The van der Waals surface area contributed by atoms with Gasteiger partial charge in [0.25, 0.3) is 10.0 Å². The van der Waals surface area contributed by atoms with Crippen LogP contribution < -0.4 is 9.46 Å². The molecule has 2 aromatic rings. The van der Waals surface area contributed by atoms with Gasteiger partial charge >= 0.3 is 6.61 Å². The van der Waals surface area contributed by atoms with Gasteiger partial charge in [0.05, 0.1) is 10.6 Å². The van der Waals surface area contributed by atoms with E-state index in [0.717, 1.165) is 35.6 Å². The van der Waals surface area contributed by atoms with Gasteiger partial charge in [0.2, 0.25) is 0 Å². The maximum absolute atomic E-state index is 12.3. The zero-order valence-corrected chi connectivity index (χ0v) is 15.2. The number of rotatable bonds is 8. The number of ether oxygens (including phenoxy) is 1. The predicted molar refractivity (Wildman–Crippen MR) is 90.5 cm³/mol. The van der Waals surface area contributed by atoms with E-state index >= 15 is 0 Å². The summed E-state index contributed by atoms with van der Waals surface area (Å²) in [6.45, 7) is 0.649. The molecule has 0 amide bonds. The van der Waals surface area contributed by atoms with Gasteiger partial charge in [0, 0.05) is 5.38 Å². The highest BCUT2D eigenvalue weighted by atomic mass is 32.2. The molecule has 6 nitrogen and oxygen atoms in total. The smallest absolute Gasteiger partial charge is 0.387 e. The van der Waals surface area contributed by atoms with Gasteiger partial charge < -0.3 is 9.84 Å². The molecule has 0 aliphatic heterocycles. The number of anilines is 1. The summed E-state index contributed by atoms with van der Waals surface area (Å²) in [5.41, 5.74) is -0.699. The predicted octanol–water partition coefficient (Wildman–Crippen LogP) is 3.55. The number of thiazole rings is 1. The molecule has 2 rings (SSSR count). The third kappa shape index (κ3) is 4.65. The maximum atomic E-state index is 12.3. The molecule has 0 aliphatic carbocycles. The standard InChI is InChI=1S/C15H18F2N2O4S2/c1-3-15(20,4-2)12-9-24-14(18-12)19-25(21,22)11-7-5-10(6-8-11)23-13(16)17/h5-9,13,20H,3-4H2,1-2H3,(H,18,19). The second kappa shape index (κ2) is 7.63. The van der Waals surface area contributed by atoms with E-state index in [1.165, 1.54) is 0 Å². The Kier molecular flexibility index (Phi) is 5.96. The molecule has 1 heterocycles. The largest absolute Gasteiger partial charge is 0.435 e. The van der Waals surface area contributed by atoms with Crippen molar-refractivity contribution in [1.29, 1.82) is 0 Å². The van der Waals surface area contributed by atoms with Crippen LogP contribution in [-0.2, 0) is 15.6 Å². The highest BCUT2D eigenvalue weighted by Crippen LogP contribution is 2.31. The first-order valence-electron chi connectivity index (χ1n) is 7.46. The normalized spacial score (nSPS) is 12.4. The monoisotopic (exact) mass is 392 g/mol. The Bertz CT molecular complexity index is 803. The van der Waals surface area contributed by atoms with E-state index in [1.807, 2.05) is 13.8 Å². The zero-order chi connectivity index (χ0) is 18.7. The molecule has 2 N–H and O–H groups in total. The average molecular weight is 392 g/mol. The Morgan fingerprint density at radius 1 is 1.28 bits per heavy atom. The summed E-state index contributed by atoms with van der Waals surface area (Å²) in [7, 11) is -3.93. The first-order chi connectivity index (χ1) is 11.7. The van der Waals surface area contributed by atoms with Crippen LogP contribution in [0, 0.1) is 0 Å². The van der Waals surface area contributed by atoms with Gasteiger partial charge in [-0.05, 0) is 37.1 Å². The molecule has 0 fully saturated rings. The van der Waals surface area contributed by atoms with Crippen LogP contribution in [0.2, 0.25) is 0 Å². The maximum Gasteiger partial charge on any atom is 0.387 e. The number of aliphatic hydroxyl groups is 1. The first-order valence-corrected chi connectivity index (χ1v) is 9.82. The summed E-state index contributed by atoms with van der Waals surface area (Å²) in [6.07, 6.45) is 0.899. The van der Waals surface area contributed by atoms with Crippen LogP contribution in [0.15, 0.2) is 34.5 Å². The quantitative estimate of drug-likeness (QED) is 0.717. The van der Waals surface area contributed by atoms with Gasteiger partial charge in [-0.15, -0.1) is 11.3 Å². The van der Waals surface area contributed by atoms with Gasteiger partial charge in [-0.25, -0.2) is 13.4 Å². The second-order valence-electron chi connectivity index (χ2n) is 5.23. The van der Waals surface area contributed by atoms with E-state index in [1.54, 1.807) is 5.38 Å². The van der Waals surface area contributed by atoms with Gasteiger partial charge in [-0.1, -0.05) is 13.8 Å². The molecule has 0 unspecified atom stereocenters. The van der Waals surface area contributed by atoms with Gasteiger partial charge in [0.1, 0.15) is 11.4 Å². The lowest BCUT2D eigenvalue weighted by Gasteiger charge is -2.22. The summed E-state index contributed by atoms with van der Waals surface area (Å²) >= 11 is 1.06. The Morgan fingerprint density at radius 2 is 1.88 bits per heavy atom.